The van der Waals surface area contributed by atoms with Gasteiger partial charge in [-0.2, -0.15) is 4.80 Å². The van der Waals surface area contributed by atoms with E-state index in [0.717, 1.165) is 22.4 Å². The van der Waals surface area contributed by atoms with Crippen molar-refractivity contribution in [2.75, 3.05) is 5.32 Å². The fraction of sp³-hybridized carbons (Fsp3) is 0.263. The van der Waals surface area contributed by atoms with Gasteiger partial charge in [-0.15, -0.1) is 10.2 Å². The largest absolute Gasteiger partial charge is 0.324 e. The van der Waals surface area contributed by atoms with Crippen molar-refractivity contribution in [3.05, 3.63) is 59.7 Å². The number of nitrogens with zero attached hydrogens (tertiary/aromatic N) is 4. The molecular weight excluding hydrogens is 314 g/mol. The maximum atomic E-state index is 12.4. The maximum Gasteiger partial charge on any atom is 0.248 e. The minimum atomic E-state index is -0.173. The van der Waals surface area contributed by atoms with Gasteiger partial charge in [0, 0.05) is 11.3 Å². The summed E-state index contributed by atoms with van der Waals surface area (Å²) in [5.41, 5.74) is 3.89. The standard InChI is InChI=1S/C19H21N5O/c1-13(2)16-11-7-8-14(3)18(16)20-17(25)12-24-22-19(21-23-24)15-9-5-4-6-10-15/h4-11,13H,12H2,1-3H3,(H,20,25). The Bertz CT molecular complexity index is 871. The summed E-state index contributed by atoms with van der Waals surface area (Å²) in [6.07, 6.45) is 0. The van der Waals surface area contributed by atoms with Crippen molar-refractivity contribution in [1.82, 2.24) is 20.2 Å². The highest BCUT2D eigenvalue weighted by molar-refractivity contribution is 5.92. The topological polar surface area (TPSA) is 72.7 Å². The number of rotatable bonds is 5. The second-order valence-corrected chi connectivity index (χ2v) is 6.25. The summed E-state index contributed by atoms with van der Waals surface area (Å²) in [6.45, 7) is 6.22. The summed E-state index contributed by atoms with van der Waals surface area (Å²) in [7, 11) is 0. The van der Waals surface area contributed by atoms with Gasteiger partial charge in [0.25, 0.3) is 0 Å². The van der Waals surface area contributed by atoms with E-state index in [9.17, 15) is 4.79 Å². The Morgan fingerprint density at radius 3 is 2.60 bits per heavy atom. The number of anilines is 1. The van der Waals surface area contributed by atoms with Gasteiger partial charge in [-0.25, -0.2) is 0 Å². The highest BCUT2D eigenvalue weighted by Gasteiger charge is 2.14. The second-order valence-electron chi connectivity index (χ2n) is 6.25. The molecule has 0 radical (unpaired) electrons. The van der Waals surface area contributed by atoms with Gasteiger partial charge in [0.05, 0.1) is 0 Å². The van der Waals surface area contributed by atoms with Crippen LogP contribution in [0.15, 0.2) is 48.5 Å². The molecule has 0 fully saturated rings. The molecule has 3 rings (SSSR count). The summed E-state index contributed by atoms with van der Waals surface area (Å²) in [5, 5.41) is 15.2. The van der Waals surface area contributed by atoms with Crippen LogP contribution in [0.2, 0.25) is 0 Å². The molecule has 0 spiro atoms. The van der Waals surface area contributed by atoms with E-state index in [0.29, 0.717) is 11.7 Å². The minimum Gasteiger partial charge on any atom is -0.324 e. The van der Waals surface area contributed by atoms with Crippen LogP contribution in [-0.4, -0.2) is 26.1 Å². The Hall–Kier alpha value is -3.02. The van der Waals surface area contributed by atoms with Gasteiger partial charge in [-0.3, -0.25) is 4.79 Å². The van der Waals surface area contributed by atoms with Gasteiger partial charge < -0.3 is 5.32 Å². The Morgan fingerprint density at radius 2 is 1.88 bits per heavy atom. The zero-order valence-electron chi connectivity index (χ0n) is 14.6. The van der Waals surface area contributed by atoms with Crippen LogP contribution in [0.1, 0.15) is 30.9 Å². The van der Waals surface area contributed by atoms with E-state index in [-0.39, 0.29) is 12.5 Å². The molecule has 0 aliphatic heterocycles. The number of nitrogens with one attached hydrogen (secondary N) is 1. The first kappa shape index (κ1) is 16.8. The lowest BCUT2D eigenvalue weighted by molar-refractivity contribution is -0.117. The van der Waals surface area contributed by atoms with Crippen molar-refractivity contribution in [1.29, 1.82) is 0 Å². The molecule has 0 saturated heterocycles. The van der Waals surface area contributed by atoms with Crippen LogP contribution in [-0.2, 0) is 11.3 Å². The first-order valence-electron chi connectivity index (χ1n) is 8.27. The van der Waals surface area contributed by atoms with Crippen molar-refractivity contribution < 1.29 is 4.79 Å². The summed E-state index contributed by atoms with van der Waals surface area (Å²) in [5.74, 6) is 0.657. The fourth-order valence-electron chi connectivity index (χ4n) is 2.66. The van der Waals surface area contributed by atoms with E-state index in [1.165, 1.54) is 4.80 Å². The number of para-hydroxylation sites is 1. The first-order valence-corrected chi connectivity index (χ1v) is 8.27. The van der Waals surface area contributed by atoms with Gasteiger partial charge in [0.2, 0.25) is 11.7 Å². The average Bonchev–Trinajstić information content (AvgIpc) is 3.05. The SMILES string of the molecule is Cc1cccc(C(C)C)c1NC(=O)Cn1nnc(-c2ccccc2)n1. The van der Waals surface area contributed by atoms with Crippen molar-refractivity contribution in [3.8, 4) is 11.4 Å². The van der Waals surface area contributed by atoms with E-state index < -0.39 is 0 Å². The molecule has 0 aliphatic rings. The van der Waals surface area contributed by atoms with Crippen LogP contribution in [0.5, 0.6) is 0 Å². The monoisotopic (exact) mass is 335 g/mol. The molecule has 6 nitrogen and oxygen atoms in total. The molecule has 2 aromatic carbocycles. The third-order valence-electron chi connectivity index (χ3n) is 3.96. The third kappa shape index (κ3) is 3.91. The molecule has 0 saturated carbocycles. The van der Waals surface area contributed by atoms with Gasteiger partial charge in [0.1, 0.15) is 6.54 Å². The summed E-state index contributed by atoms with van der Waals surface area (Å²) in [4.78, 5) is 13.7. The number of hydrogen-bond donors (Lipinski definition) is 1. The van der Waals surface area contributed by atoms with Crippen molar-refractivity contribution >= 4 is 11.6 Å². The Morgan fingerprint density at radius 1 is 1.12 bits per heavy atom. The predicted octanol–water partition coefficient (Wildman–Crippen LogP) is 3.41. The zero-order chi connectivity index (χ0) is 17.8. The number of benzene rings is 2. The molecule has 3 aromatic rings. The highest BCUT2D eigenvalue weighted by atomic mass is 16.2. The Labute approximate surface area is 146 Å². The lowest BCUT2D eigenvalue weighted by Gasteiger charge is -2.16. The molecule has 128 valence electrons. The molecule has 0 unspecified atom stereocenters. The molecule has 1 aromatic heterocycles. The van der Waals surface area contributed by atoms with E-state index in [1.54, 1.807) is 0 Å². The number of carbonyl (C=O) groups excluding carboxylic acids is 1. The van der Waals surface area contributed by atoms with Crippen LogP contribution in [0.3, 0.4) is 0 Å². The molecule has 0 atom stereocenters. The maximum absolute atomic E-state index is 12.4. The zero-order valence-corrected chi connectivity index (χ0v) is 14.6. The number of carbonyl (C=O) groups is 1. The average molecular weight is 335 g/mol. The number of aryl methyl sites for hydroxylation is 1. The van der Waals surface area contributed by atoms with Crippen LogP contribution < -0.4 is 5.32 Å². The molecular formula is C19H21N5O. The van der Waals surface area contributed by atoms with Crippen LogP contribution in [0.25, 0.3) is 11.4 Å². The van der Waals surface area contributed by atoms with Crippen molar-refractivity contribution in [2.45, 2.75) is 33.2 Å². The van der Waals surface area contributed by atoms with E-state index in [1.807, 2.05) is 55.5 Å². The molecule has 0 bridgehead atoms. The van der Waals surface area contributed by atoms with Gasteiger partial charge in [0.15, 0.2) is 0 Å². The highest BCUT2D eigenvalue weighted by Crippen LogP contribution is 2.27. The molecule has 1 N–H and O–H groups in total. The number of hydrogen-bond acceptors (Lipinski definition) is 4. The quantitative estimate of drug-likeness (QED) is 0.775. The lowest BCUT2D eigenvalue weighted by Crippen LogP contribution is -2.22. The van der Waals surface area contributed by atoms with Crippen LogP contribution in [0, 0.1) is 6.92 Å². The normalized spacial score (nSPS) is 10.9. The molecule has 0 aliphatic carbocycles. The van der Waals surface area contributed by atoms with Crippen LogP contribution in [0.4, 0.5) is 5.69 Å². The van der Waals surface area contributed by atoms with E-state index in [4.69, 9.17) is 0 Å². The smallest absolute Gasteiger partial charge is 0.248 e. The van der Waals surface area contributed by atoms with E-state index in [2.05, 4.69) is 34.6 Å². The number of amides is 1. The summed E-state index contributed by atoms with van der Waals surface area (Å²) >= 11 is 0. The van der Waals surface area contributed by atoms with Gasteiger partial charge in [-0.05, 0) is 29.2 Å². The summed E-state index contributed by atoms with van der Waals surface area (Å²) in [6, 6.07) is 15.6. The second kappa shape index (κ2) is 7.25. The van der Waals surface area contributed by atoms with Crippen molar-refractivity contribution in [3.63, 3.8) is 0 Å². The first-order chi connectivity index (χ1) is 12.0. The van der Waals surface area contributed by atoms with Crippen molar-refractivity contribution in [2.24, 2.45) is 0 Å². The fourth-order valence-corrected chi connectivity index (χ4v) is 2.66. The molecule has 1 amide bonds. The molecule has 25 heavy (non-hydrogen) atoms. The predicted molar refractivity (Wildman–Crippen MR) is 97.2 cm³/mol. The van der Waals surface area contributed by atoms with Crippen LogP contribution >= 0.6 is 0 Å². The molecule has 1 heterocycles. The molecule has 6 heteroatoms. The summed E-state index contributed by atoms with van der Waals surface area (Å²) < 4.78 is 0. The van der Waals surface area contributed by atoms with Gasteiger partial charge >= 0.3 is 0 Å². The third-order valence-corrected chi connectivity index (χ3v) is 3.96. The van der Waals surface area contributed by atoms with E-state index >= 15 is 0 Å². The minimum absolute atomic E-state index is 0.0195. The Balaban J connectivity index is 1.73. The number of tetrazole rings is 1. The number of aromatic nitrogens is 4. The Kier molecular flexibility index (Phi) is 4.88. The van der Waals surface area contributed by atoms with Gasteiger partial charge in [-0.1, -0.05) is 62.4 Å². The lowest BCUT2D eigenvalue weighted by atomic mass is 9.98.